The van der Waals surface area contributed by atoms with Gasteiger partial charge in [0.1, 0.15) is 5.75 Å². The molecule has 2 amide bonds. The van der Waals surface area contributed by atoms with Gasteiger partial charge in [-0.3, -0.25) is 20.4 Å². The van der Waals surface area contributed by atoms with Crippen molar-refractivity contribution < 1.29 is 14.3 Å². The number of hydrogen-bond acceptors (Lipinski definition) is 4. The average molecular weight is 406 g/mol. The fourth-order valence-electron chi connectivity index (χ4n) is 2.14. The summed E-state index contributed by atoms with van der Waals surface area (Å²) in [4.78, 5) is 23.6. The van der Waals surface area contributed by atoms with Crippen molar-refractivity contribution in [1.82, 2.24) is 16.2 Å². The Morgan fingerprint density at radius 1 is 1.07 bits per heavy atom. The number of hydrogen-bond donors (Lipinski definition) is 3. The van der Waals surface area contributed by atoms with Crippen LogP contribution in [0.5, 0.6) is 5.75 Å². The Balaban J connectivity index is 1.64. The standard InChI is InChI=1S/C19H20ClN3O3S/c1-13-11-15(8-9-16(13)20)26-12-18(25)22-23-19(27)21-17(24)10-7-14-5-3-2-4-6-14/h2-6,8-9,11H,7,10,12H2,1H3,(H,22,25)(H2,21,23,24,27). The van der Waals surface area contributed by atoms with Crippen molar-refractivity contribution in [2.75, 3.05) is 6.61 Å². The van der Waals surface area contributed by atoms with Crippen molar-refractivity contribution in [2.45, 2.75) is 19.8 Å². The fraction of sp³-hybridized carbons (Fsp3) is 0.211. The topological polar surface area (TPSA) is 79.5 Å². The van der Waals surface area contributed by atoms with Crippen LogP contribution in [-0.2, 0) is 16.0 Å². The first-order valence-corrected chi connectivity index (χ1v) is 9.04. The maximum Gasteiger partial charge on any atom is 0.276 e. The van der Waals surface area contributed by atoms with Crippen molar-refractivity contribution in [3.63, 3.8) is 0 Å². The van der Waals surface area contributed by atoms with E-state index in [1.807, 2.05) is 37.3 Å². The third-order valence-electron chi connectivity index (χ3n) is 3.55. The Labute approximate surface area is 168 Å². The largest absolute Gasteiger partial charge is 0.484 e. The van der Waals surface area contributed by atoms with Gasteiger partial charge in [-0.1, -0.05) is 41.9 Å². The van der Waals surface area contributed by atoms with Crippen LogP contribution in [0.15, 0.2) is 48.5 Å². The van der Waals surface area contributed by atoms with Crippen molar-refractivity contribution in [3.8, 4) is 5.75 Å². The van der Waals surface area contributed by atoms with Crippen LogP contribution in [-0.4, -0.2) is 23.5 Å². The molecular formula is C19H20ClN3O3S. The lowest BCUT2D eigenvalue weighted by atomic mass is 10.1. The molecule has 0 aliphatic carbocycles. The van der Waals surface area contributed by atoms with Crippen LogP contribution >= 0.6 is 23.8 Å². The van der Waals surface area contributed by atoms with E-state index in [2.05, 4.69) is 16.2 Å². The molecule has 27 heavy (non-hydrogen) atoms. The molecule has 2 rings (SSSR count). The molecule has 0 atom stereocenters. The second-order valence-electron chi connectivity index (χ2n) is 5.74. The summed E-state index contributed by atoms with van der Waals surface area (Å²) < 4.78 is 5.36. The smallest absolute Gasteiger partial charge is 0.276 e. The second kappa shape index (κ2) is 10.5. The zero-order valence-corrected chi connectivity index (χ0v) is 16.3. The molecule has 2 aromatic carbocycles. The molecule has 8 heteroatoms. The van der Waals surface area contributed by atoms with E-state index < -0.39 is 5.91 Å². The number of nitrogens with one attached hydrogen (secondary N) is 3. The highest BCUT2D eigenvalue weighted by Gasteiger charge is 2.07. The van der Waals surface area contributed by atoms with Crippen LogP contribution in [0.1, 0.15) is 17.5 Å². The van der Waals surface area contributed by atoms with E-state index in [0.717, 1.165) is 11.1 Å². The monoisotopic (exact) mass is 405 g/mol. The van der Waals surface area contributed by atoms with Crippen LogP contribution in [0.3, 0.4) is 0 Å². The van der Waals surface area contributed by atoms with Crippen molar-refractivity contribution >= 4 is 40.7 Å². The van der Waals surface area contributed by atoms with Gasteiger partial charge in [0.2, 0.25) is 5.91 Å². The number of aryl methyl sites for hydroxylation is 2. The lowest BCUT2D eigenvalue weighted by molar-refractivity contribution is -0.124. The molecule has 0 saturated carbocycles. The molecule has 0 aliphatic heterocycles. The SMILES string of the molecule is Cc1cc(OCC(=O)NNC(=S)NC(=O)CCc2ccccc2)ccc1Cl. The molecule has 0 aromatic heterocycles. The summed E-state index contributed by atoms with van der Waals surface area (Å²) in [6, 6.07) is 14.8. The van der Waals surface area contributed by atoms with Crippen LogP contribution in [0.4, 0.5) is 0 Å². The van der Waals surface area contributed by atoms with E-state index >= 15 is 0 Å². The normalized spacial score (nSPS) is 10.0. The van der Waals surface area contributed by atoms with Gasteiger partial charge in [0.15, 0.2) is 11.7 Å². The van der Waals surface area contributed by atoms with Crippen molar-refractivity contribution in [1.29, 1.82) is 0 Å². The van der Waals surface area contributed by atoms with Crippen molar-refractivity contribution in [2.24, 2.45) is 0 Å². The Bertz CT molecular complexity index is 815. The molecule has 0 spiro atoms. The molecule has 2 aromatic rings. The van der Waals surface area contributed by atoms with Gasteiger partial charge in [-0.15, -0.1) is 0 Å². The van der Waals surface area contributed by atoms with E-state index in [9.17, 15) is 9.59 Å². The van der Waals surface area contributed by atoms with Crippen LogP contribution in [0, 0.1) is 6.92 Å². The number of thiocarbonyl (C=S) groups is 1. The Morgan fingerprint density at radius 3 is 2.52 bits per heavy atom. The molecule has 0 aliphatic rings. The summed E-state index contributed by atoms with van der Waals surface area (Å²) in [5.74, 6) is -0.147. The summed E-state index contributed by atoms with van der Waals surface area (Å²) >= 11 is 10.9. The van der Waals surface area contributed by atoms with E-state index in [1.165, 1.54) is 0 Å². The lowest BCUT2D eigenvalue weighted by Gasteiger charge is -2.12. The predicted molar refractivity (Wildman–Crippen MR) is 108 cm³/mol. The highest BCUT2D eigenvalue weighted by molar-refractivity contribution is 7.80. The number of amides is 2. The van der Waals surface area contributed by atoms with Crippen LogP contribution in [0.25, 0.3) is 0 Å². The number of halogens is 1. The number of carbonyl (C=O) groups is 2. The number of hydrazine groups is 1. The first-order valence-electron chi connectivity index (χ1n) is 8.25. The summed E-state index contributed by atoms with van der Waals surface area (Å²) in [7, 11) is 0. The van der Waals surface area contributed by atoms with Crippen LogP contribution < -0.4 is 20.9 Å². The zero-order valence-electron chi connectivity index (χ0n) is 14.8. The van der Waals surface area contributed by atoms with Gasteiger partial charge >= 0.3 is 0 Å². The minimum absolute atomic E-state index is 0.0174. The molecule has 0 bridgehead atoms. The van der Waals surface area contributed by atoms with Gasteiger partial charge in [-0.05, 0) is 54.9 Å². The highest BCUT2D eigenvalue weighted by Crippen LogP contribution is 2.20. The summed E-state index contributed by atoms with van der Waals surface area (Å²) in [6.07, 6.45) is 0.898. The third-order valence-corrected chi connectivity index (χ3v) is 4.18. The molecule has 0 saturated heterocycles. The molecule has 0 heterocycles. The van der Waals surface area contributed by atoms with Gasteiger partial charge in [0.05, 0.1) is 0 Å². The minimum atomic E-state index is -0.441. The van der Waals surface area contributed by atoms with E-state index in [-0.39, 0.29) is 17.6 Å². The molecule has 0 fully saturated rings. The quantitative estimate of drug-likeness (QED) is 0.508. The third kappa shape index (κ3) is 7.64. The van der Waals surface area contributed by atoms with Gasteiger partial charge in [-0.25, -0.2) is 0 Å². The maximum absolute atomic E-state index is 11.9. The Hall–Kier alpha value is -2.64. The summed E-state index contributed by atoms with van der Waals surface area (Å²) in [5.41, 5.74) is 6.75. The Morgan fingerprint density at radius 2 is 1.81 bits per heavy atom. The maximum atomic E-state index is 11.9. The number of benzene rings is 2. The number of ether oxygens (including phenoxy) is 1. The lowest BCUT2D eigenvalue weighted by Crippen LogP contribution is -2.49. The van der Waals surface area contributed by atoms with E-state index in [0.29, 0.717) is 23.6 Å². The van der Waals surface area contributed by atoms with Crippen molar-refractivity contribution in [3.05, 3.63) is 64.7 Å². The minimum Gasteiger partial charge on any atom is -0.484 e. The molecule has 3 N–H and O–H groups in total. The first-order chi connectivity index (χ1) is 12.9. The summed E-state index contributed by atoms with van der Waals surface area (Å²) in [6.45, 7) is 1.63. The summed E-state index contributed by atoms with van der Waals surface area (Å²) in [5, 5.41) is 3.15. The van der Waals surface area contributed by atoms with E-state index in [4.69, 9.17) is 28.6 Å². The first kappa shape index (κ1) is 20.7. The molecular weight excluding hydrogens is 386 g/mol. The predicted octanol–water partition coefficient (Wildman–Crippen LogP) is 2.68. The van der Waals surface area contributed by atoms with Gasteiger partial charge in [0, 0.05) is 11.4 Å². The molecule has 6 nitrogen and oxygen atoms in total. The molecule has 0 unspecified atom stereocenters. The second-order valence-corrected chi connectivity index (χ2v) is 6.55. The molecule has 142 valence electrons. The fourth-order valence-corrected chi connectivity index (χ4v) is 2.42. The highest BCUT2D eigenvalue weighted by atomic mass is 35.5. The zero-order chi connectivity index (χ0) is 19.6. The van der Waals surface area contributed by atoms with Gasteiger partial charge < -0.3 is 10.1 Å². The van der Waals surface area contributed by atoms with Crippen LogP contribution in [0.2, 0.25) is 5.02 Å². The van der Waals surface area contributed by atoms with Gasteiger partial charge in [0.25, 0.3) is 5.91 Å². The van der Waals surface area contributed by atoms with E-state index in [1.54, 1.807) is 18.2 Å². The Kier molecular flexibility index (Phi) is 8.03. The average Bonchev–Trinajstić information content (AvgIpc) is 2.66. The molecule has 0 radical (unpaired) electrons. The van der Waals surface area contributed by atoms with Gasteiger partial charge in [-0.2, -0.15) is 0 Å². The number of rotatable bonds is 6. The number of carbonyl (C=O) groups excluding carboxylic acids is 2.